The number of nitrogens with zero attached hydrogens (tertiary/aromatic N) is 2. The summed E-state index contributed by atoms with van der Waals surface area (Å²) in [6, 6.07) is 0. The van der Waals surface area contributed by atoms with Gasteiger partial charge in [-0.15, -0.1) is 0 Å². The molecule has 1 atom stereocenters. The summed E-state index contributed by atoms with van der Waals surface area (Å²) in [6.45, 7) is 7.82. The fraction of sp³-hybridized carbons (Fsp3) is 0.786. The van der Waals surface area contributed by atoms with E-state index in [4.69, 9.17) is 0 Å². The summed E-state index contributed by atoms with van der Waals surface area (Å²) < 4.78 is 1.85. The Bertz CT molecular complexity index is 345. The summed E-state index contributed by atoms with van der Waals surface area (Å²) >= 11 is 0. The number of hydrogen-bond donors (Lipinski definition) is 2. The van der Waals surface area contributed by atoms with Crippen LogP contribution >= 0.6 is 0 Å². The topological polar surface area (TPSA) is 50.1 Å². The lowest BCUT2D eigenvalue weighted by molar-refractivity contribution is 0.101. The van der Waals surface area contributed by atoms with E-state index in [0.29, 0.717) is 12.5 Å². The third kappa shape index (κ3) is 4.10. The van der Waals surface area contributed by atoms with Crippen LogP contribution in [0.15, 0.2) is 6.20 Å². The second-order valence-electron chi connectivity index (χ2n) is 4.90. The summed E-state index contributed by atoms with van der Waals surface area (Å²) in [5, 5.41) is 17.8. The molecule has 0 amide bonds. The number of aliphatic hydroxyl groups excluding tert-OH is 1. The Morgan fingerprint density at radius 1 is 1.33 bits per heavy atom. The fourth-order valence-corrected chi connectivity index (χ4v) is 2.38. The number of rotatable bonds is 8. The van der Waals surface area contributed by atoms with Crippen LogP contribution in [0.5, 0.6) is 0 Å². The van der Waals surface area contributed by atoms with E-state index in [2.05, 4.69) is 37.4 Å². The molecule has 0 aliphatic heterocycles. The molecule has 104 valence electrons. The molecule has 1 heterocycles. The van der Waals surface area contributed by atoms with Gasteiger partial charge in [0.25, 0.3) is 0 Å². The van der Waals surface area contributed by atoms with Crippen molar-refractivity contribution in [3.63, 3.8) is 0 Å². The average molecular weight is 253 g/mol. The van der Waals surface area contributed by atoms with Gasteiger partial charge in [0.05, 0.1) is 11.8 Å². The van der Waals surface area contributed by atoms with Crippen LogP contribution in [-0.4, -0.2) is 27.5 Å². The Kier molecular flexibility index (Phi) is 6.36. The quantitative estimate of drug-likeness (QED) is 0.743. The molecule has 2 N–H and O–H groups in total. The normalized spacial score (nSPS) is 13.2. The smallest absolute Gasteiger partial charge is 0.0692 e. The van der Waals surface area contributed by atoms with Crippen LogP contribution in [0.1, 0.15) is 44.9 Å². The number of hydrogen-bond acceptors (Lipinski definition) is 3. The molecule has 0 aliphatic rings. The van der Waals surface area contributed by atoms with Gasteiger partial charge < -0.3 is 10.4 Å². The van der Waals surface area contributed by atoms with Crippen LogP contribution in [0.3, 0.4) is 0 Å². The minimum atomic E-state index is -0.248. The Hall–Kier alpha value is -0.870. The van der Waals surface area contributed by atoms with Crippen LogP contribution in [0.2, 0.25) is 0 Å². The van der Waals surface area contributed by atoms with Crippen molar-refractivity contribution in [3.05, 3.63) is 17.5 Å². The van der Waals surface area contributed by atoms with Crippen molar-refractivity contribution in [2.24, 2.45) is 13.0 Å². The first kappa shape index (κ1) is 15.2. The number of nitrogens with one attached hydrogen (secondary N) is 1. The van der Waals surface area contributed by atoms with Crippen molar-refractivity contribution >= 4 is 0 Å². The van der Waals surface area contributed by atoms with E-state index in [-0.39, 0.29) is 6.10 Å². The highest BCUT2D eigenvalue weighted by atomic mass is 16.3. The van der Waals surface area contributed by atoms with Crippen LogP contribution in [0.4, 0.5) is 0 Å². The molecular weight excluding hydrogens is 226 g/mol. The molecule has 0 bridgehead atoms. The van der Waals surface area contributed by atoms with Crippen molar-refractivity contribution < 1.29 is 5.11 Å². The van der Waals surface area contributed by atoms with Gasteiger partial charge in [-0.05, 0) is 12.3 Å². The van der Waals surface area contributed by atoms with Gasteiger partial charge in [0.2, 0.25) is 0 Å². The monoisotopic (exact) mass is 253 g/mol. The Labute approximate surface area is 110 Å². The van der Waals surface area contributed by atoms with E-state index >= 15 is 0 Å². The first-order valence-electron chi connectivity index (χ1n) is 7.02. The highest BCUT2D eigenvalue weighted by Gasteiger charge is 2.15. The lowest BCUT2D eigenvalue weighted by atomic mass is 9.96. The van der Waals surface area contributed by atoms with Crippen LogP contribution in [0, 0.1) is 5.92 Å². The van der Waals surface area contributed by atoms with Gasteiger partial charge in [-0.1, -0.05) is 33.6 Å². The zero-order chi connectivity index (χ0) is 13.5. The van der Waals surface area contributed by atoms with Gasteiger partial charge in [-0.25, -0.2) is 0 Å². The molecule has 0 saturated carbocycles. The number of aliphatic hydroxyl groups is 1. The lowest BCUT2D eigenvalue weighted by Crippen LogP contribution is -2.32. The van der Waals surface area contributed by atoms with Crippen LogP contribution < -0.4 is 5.32 Å². The molecule has 1 aromatic rings. The van der Waals surface area contributed by atoms with Gasteiger partial charge >= 0.3 is 0 Å². The van der Waals surface area contributed by atoms with E-state index in [0.717, 1.165) is 31.5 Å². The van der Waals surface area contributed by atoms with Crippen molar-refractivity contribution in [2.75, 3.05) is 6.54 Å². The Balaban J connectivity index is 2.41. The molecule has 0 saturated heterocycles. The van der Waals surface area contributed by atoms with Gasteiger partial charge in [0.15, 0.2) is 0 Å². The molecule has 0 aromatic carbocycles. The third-order valence-electron chi connectivity index (χ3n) is 3.59. The van der Waals surface area contributed by atoms with Gasteiger partial charge in [-0.2, -0.15) is 5.10 Å². The summed E-state index contributed by atoms with van der Waals surface area (Å²) in [4.78, 5) is 0. The standard InChI is InChI=1S/C14H27N3O/c1-5-11(6-2)14(18)9-15-8-12-10-17(4)16-13(12)7-3/h10-11,14-15,18H,5-9H2,1-4H3. The Morgan fingerprint density at radius 2 is 2.00 bits per heavy atom. The molecule has 1 unspecified atom stereocenters. The molecule has 1 rings (SSSR count). The number of aromatic nitrogens is 2. The minimum absolute atomic E-state index is 0.248. The van der Waals surface area contributed by atoms with E-state index in [9.17, 15) is 5.11 Å². The highest BCUT2D eigenvalue weighted by Crippen LogP contribution is 2.13. The predicted molar refractivity (Wildman–Crippen MR) is 74.4 cm³/mol. The largest absolute Gasteiger partial charge is 0.392 e. The van der Waals surface area contributed by atoms with Crippen molar-refractivity contribution in [1.82, 2.24) is 15.1 Å². The SMILES string of the molecule is CCc1nn(C)cc1CNCC(O)C(CC)CC. The van der Waals surface area contributed by atoms with Gasteiger partial charge in [0.1, 0.15) is 0 Å². The van der Waals surface area contributed by atoms with E-state index in [1.165, 1.54) is 5.56 Å². The van der Waals surface area contributed by atoms with Crippen molar-refractivity contribution in [2.45, 2.75) is 52.7 Å². The highest BCUT2D eigenvalue weighted by molar-refractivity contribution is 5.16. The fourth-order valence-electron chi connectivity index (χ4n) is 2.38. The zero-order valence-corrected chi connectivity index (χ0v) is 12.1. The molecule has 4 heteroatoms. The molecule has 18 heavy (non-hydrogen) atoms. The van der Waals surface area contributed by atoms with Crippen LogP contribution in [-0.2, 0) is 20.0 Å². The van der Waals surface area contributed by atoms with E-state index in [1.54, 1.807) is 0 Å². The maximum absolute atomic E-state index is 10.0. The molecule has 0 spiro atoms. The molecule has 0 fully saturated rings. The maximum atomic E-state index is 10.0. The summed E-state index contributed by atoms with van der Waals surface area (Å²) in [5.41, 5.74) is 2.37. The molecular formula is C14H27N3O. The van der Waals surface area contributed by atoms with Gasteiger partial charge in [0, 0.05) is 31.9 Å². The minimum Gasteiger partial charge on any atom is -0.392 e. The third-order valence-corrected chi connectivity index (χ3v) is 3.59. The Morgan fingerprint density at radius 3 is 2.56 bits per heavy atom. The summed E-state index contributed by atoms with van der Waals surface area (Å²) in [6.07, 6.45) is 4.82. The second-order valence-corrected chi connectivity index (χ2v) is 4.90. The van der Waals surface area contributed by atoms with Gasteiger partial charge in [-0.3, -0.25) is 4.68 Å². The first-order valence-corrected chi connectivity index (χ1v) is 7.02. The van der Waals surface area contributed by atoms with E-state index in [1.807, 2.05) is 11.7 Å². The van der Waals surface area contributed by atoms with E-state index < -0.39 is 0 Å². The summed E-state index contributed by atoms with van der Waals surface area (Å²) in [7, 11) is 1.95. The molecule has 1 aromatic heterocycles. The maximum Gasteiger partial charge on any atom is 0.0692 e. The molecule has 0 aliphatic carbocycles. The summed E-state index contributed by atoms with van der Waals surface area (Å²) in [5.74, 6) is 0.400. The van der Waals surface area contributed by atoms with Crippen molar-refractivity contribution in [1.29, 1.82) is 0 Å². The predicted octanol–water partition coefficient (Wildman–Crippen LogP) is 1.87. The van der Waals surface area contributed by atoms with Crippen molar-refractivity contribution in [3.8, 4) is 0 Å². The molecule has 4 nitrogen and oxygen atoms in total. The second kappa shape index (κ2) is 7.54. The first-order chi connectivity index (χ1) is 8.62. The zero-order valence-electron chi connectivity index (χ0n) is 12.1. The lowest BCUT2D eigenvalue weighted by Gasteiger charge is -2.20. The number of aryl methyl sites for hydroxylation is 2. The average Bonchev–Trinajstić information content (AvgIpc) is 2.71. The molecule has 0 radical (unpaired) electrons. The van der Waals surface area contributed by atoms with Crippen LogP contribution in [0.25, 0.3) is 0 Å².